The Morgan fingerprint density at radius 1 is 1.18 bits per heavy atom. The molecule has 5 rings (SSSR count). The fraction of sp³-hybridized carbons (Fsp3) is 0.581. The van der Waals surface area contributed by atoms with Gasteiger partial charge in [-0.25, -0.2) is 4.99 Å². The van der Waals surface area contributed by atoms with E-state index in [1.807, 2.05) is 38.1 Å². The van der Waals surface area contributed by atoms with Gasteiger partial charge in [-0.3, -0.25) is 4.79 Å². The first-order valence-electron chi connectivity index (χ1n) is 14.9. The number of aliphatic hydroxyl groups is 1. The number of aliphatic hydroxyl groups excluding tert-OH is 1. The number of hydrogen-bond acceptors (Lipinski definition) is 8. The number of carbonyl (C=O) groups is 1. The molecule has 2 atom stereocenters. The van der Waals surface area contributed by atoms with Gasteiger partial charge in [-0.05, 0) is 75.5 Å². The van der Waals surface area contributed by atoms with Gasteiger partial charge in [0.05, 0.1) is 0 Å². The zero-order valence-corrected chi connectivity index (χ0v) is 23.9. The zero-order valence-electron chi connectivity index (χ0n) is 23.9. The number of nitrogens with one attached hydrogen (secondary N) is 3. The average Bonchev–Trinajstić information content (AvgIpc) is 3.80. The number of aryl methyl sites for hydroxylation is 1. The van der Waals surface area contributed by atoms with E-state index >= 15 is 0 Å². The number of amides is 1. The van der Waals surface area contributed by atoms with E-state index in [2.05, 4.69) is 27.8 Å². The van der Waals surface area contributed by atoms with Crippen LogP contribution in [0.2, 0.25) is 0 Å². The first-order chi connectivity index (χ1) is 19.5. The molecule has 0 radical (unpaired) electrons. The Hall–Kier alpha value is -3.17. The Kier molecular flexibility index (Phi) is 9.22. The van der Waals surface area contributed by atoms with Gasteiger partial charge in [-0.2, -0.15) is 10.1 Å². The minimum Gasteiger partial charge on any atom is -0.396 e. The minimum atomic E-state index is -0.0122. The summed E-state index contributed by atoms with van der Waals surface area (Å²) in [6, 6.07) is 6.42. The molecule has 1 amide bonds. The maximum atomic E-state index is 12.7. The third kappa shape index (κ3) is 6.75. The van der Waals surface area contributed by atoms with Crippen LogP contribution < -0.4 is 16.0 Å². The minimum absolute atomic E-state index is 0.0122. The topological polar surface area (TPSA) is 111 Å². The number of amidine groups is 1. The Labute approximate surface area is 237 Å². The molecule has 9 heteroatoms. The number of hydrogen-bond donors (Lipinski definition) is 4. The lowest BCUT2D eigenvalue weighted by Crippen LogP contribution is -2.45. The molecular formula is C31H44N6O3. The van der Waals surface area contributed by atoms with Crippen LogP contribution in [0.15, 0.2) is 46.0 Å². The molecule has 216 valence electrons. The summed E-state index contributed by atoms with van der Waals surface area (Å²) in [6.07, 6.45) is 10.5. The molecule has 2 aliphatic heterocycles. The number of aliphatic imine (C=N–C) groups is 1. The summed E-state index contributed by atoms with van der Waals surface area (Å²) < 4.78 is 5.54. The van der Waals surface area contributed by atoms with Gasteiger partial charge in [0.1, 0.15) is 11.7 Å². The summed E-state index contributed by atoms with van der Waals surface area (Å²) in [5, 5.41) is 26.5. The van der Waals surface area contributed by atoms with Crippen molar-refractivity contribution in [1.29, 1.82) is 0 Å². The molecule has 40 heavy (non-hydrogen) atoms. The molecule has 2 aliphatic carbocycles. The second kappa shape index (κ2) is 13.0. The van der Waals surface area contributed by atoms with E-state index in [4.69, 9.17) is 9.73 Å². The van der Waals surface area contributed by atoms with Crippen LogP contribution >= 0.6 is 0 Å². The first kappa shape index (κ1) is 28.4. The van der Waals surface area contributed by atoms with Gasteiger partial charge in [0.25, 0.3) is 5.91 Å². The molecule has 0 bridgehead atoms. The molecule has 0 spiro atoms. The van der Waals surface area contributed by atoms with Crippen LogP contribution in [0.1, 0.15) is 79.8 Å². The van der Waals surface area contributed by atoms with Crippen molar-refractivity contribution in [3.63, 3.8) is 0 Å². The smallest absolute Gasteiger partial charge is 0.251 e. The van der Waals surface area contributed by atoms with Crippen molar-refractivity contribution in [1.82, 2.24) is 21.0 Å². The number of rotatable bonds is 9. The molecule has 0 aromatic heterocycles. The van der Waals surface area contributed by atoms with Gasteiger partial charge in [0.15, 0.2) is 5.82 Å². The van der Waals surface area contributed by atoms with E-state index in [1.54, 1.807) is 5.01 Å². The molecule has 4 N–H and O–H groups in total. The van der Waals surface area contributed by atoms with Crippen molar-refractivity contribution < 1.29 is 14.6 Å². The predicted molar refractivity (Wildman–Crippen MR) is 159 cm³/mol. The Balaban J connectivity index is 1.44. The Morgan fingerprint density at radius 2 is 1.95 bits per heavy atom. The monoisotopic (exact) mass is 548 g/mol. The van der Waals surface area contributed by atoms with E-state index in [0.29, 0.717) is 23.3 Å². The SMILES string of the molecule is C=NN1C(NCC2CCOCC2)=CC(N[C@H]2CCCC[C@H]2CO)=N/C1=C(/C)c1ccc(C(=O)NC2CC2)c(C)c1. The lowest BCUT2D eigenvalue weighted by molar-refractivity contribution is 0.0664. The predicted octanol–water partition coefficient (Wildman–Crippen LogP) is 3.90. The van der Waals surface area contributed by atoms with E-state index in [-0.39, 0.29) is 24.5 Å². The summed E-state index contributed by atoms with van der Waals surface area (Å²) in [5.41, 5.74) is 3.54. The third-order valence-electron chi connectivity index (χ3n) is 8.61. The van der Waals surface area contributed by atoms with E-state index in [9.17, 15) is 9.90 Å². The highest BCUT2D eigenvalue weighted by Gasteiger charge is 2.29. The summed E-state index contributed by atoms with van der Waals surface area (Å²) in [6.45, 7) is 10.5. The number of allylic oxidation sites excluding steroid dienone is 1. The van der Waals surface area contributed by atoms with Crippen LogP contribution in [-0.4, -0.2) is 67.0 Å². The summed E-state index contributed by atoms with van der Waals surface area (Å²) in [4.78, 5) is 17.7. The lowest BCUT2D eigenvalue weighted by atomic mass is 9.85. The highest BCUT2D eigenvalue weighted by Crippen LogP contribution is 2.30. The summed E-state index contributed by atoms with van der Waals surface area (Å²) in [5.74, 6) is 2.99. The summed E-state index contributed by atoms with van der Waals surface area (Å²) >= 11 is 0. The maximum absolute atomic E-state index is 12.7. The zero-order chi connectivity index (χ0) is 28.1. The highest BCUT2D eigenvalue weighted by molar-refractivity contribution is 5.97. The van der Waals surface area contributed by atoms with Gasteiger partial charge in [-0.15, -0.1) is 0 Å². The van der Waals surface area contributed by atoms with Crippen LogP contribution in [0.5, 0.6) is 0 Å². The van der Waals surface area contributed by atoms with Crippen LogP contribution in [0, 0.1) is 18.8 Å². The van der Waals surface area contributed by atoms with Crippen molar-refractivity contribution in [3.8, 4) is 0 Å². The van der Waals surface area contributed by atoms with E-state index in [0.717, 1.165) is 99.5 Å². The second-order valence-corrected chi connectivity index (χ2v) is 11.6. The number of ether oxygens (including phenoxy) is 1. The lowest BCUT2D eigenvalue weighted by Gasteiger charge is -2.34. The van der Waals surface area contributed by atoms with E-state index < -0.39 is 0 Å². The second-order valence-electron chi connectivity index (χ2n) is 11.6. The van der Waals surface area contributed by atoms with Gasteiger partial charge < -0.3 is 25.8 Å². The fourth-order valence-corrected chi connectivity index (χ4v) is 5.86. The Morgan fingerprint density at radius 3 is 2.65 bits per heavy atom. The molecule has 0 unspecified atom stereocenters. The van der Waals surface area contributed by atoms with Crippen molar-refractivity contribution in [2.24, 2.45) is 21.9 Å². The standard InChI is InChI=1S/C31H44N6O3/c1-20-16-23(8-11-26(20)31(39)34-25-9-10-25)21(2)30-36-28(35-27-7-5-4-6-24(27)19-38)17-29(37(30)32-3)33-18-22-12-14-40-15-13-22/h8,11,16-17,22,24-25,27,33,38H,3-7,9-10,12-15,18-19H2,1-2H3,(H,34,39)(H,35,36)/b30-21+/t24-,27-/m0/s1. The first-order valence-corrected chi connectivity index (χ1v) is 14.9. The van der Waals surface area contributed by atoms with Gasteiger partial charge in [0, 0.05) is 68.3 Å². The molecule has 3 fully saturated rings. The number of hydrazone groups is 1. The molecule has 1 saturated heterocycles. The largest absolute Gasteiger partial charge is 0.396 e. The number of nitrogens with zero attached hydrogens (tertiary/aromatic N) is 3. The van der Waals surface area contributed by atoms with E-state index in [1.165, 1.54) is 0 Å². The van der Waals surface area contributed by atoms with Crippen molar-refractivity contribution in [3.05, 3.63) is 52.6 Å². The molecular weight excluding hydrogens is 504 g/mol. The van der Waals surface area contributed by atoms with Gasteiger partial charge in [-0.1, -0.05) is 25.0 Å². The maximum Gasteiger partial charge on any atom is 0.251 e. The Bertz CT molecular complexity index is 1180. The van der Waals surface area contributed by atoms with Crippen LogP contribution in [0.4, 0.5) is 0 Å². The van der Waals surface area contributed by atoms with Gasteiger partial charge in [0.2, 0.25) is 0 Å². The molecule has 4 aliphatic rings. The summed E-state index contributed by atoms with van der Waals surface area (Å²) in [7, 11) is 0. The highest BCUT2D eigenvalue weighted by atomic mass is 16.5. The molecule has 1 aromatic carbocycles. The van der Waals surface area contributed by atoms with Crippen LogP contribution in [-0.2, 0) is 4.74 Å². The fourth-order valence-electron chi connectivity index (χ4n) is 5.86. The normalized spacial score (nSPS) is 25.0. The van der Waals surface area contributed by atoms with Crippen molar-refractivity contribution in [2.75, 3.05) is 26.4 Å². The molecule has 2 heterocycles. The van der Waals surface area contributed by atoms with Crippen LogP contribution in [0.25, 0.3) is 5.57 Å². The van der Waals surface area contributed by atoms with Crippen molar-refractivity contribution in [2.45, 2.75) is 77.3 Å². The number of benzene rings is 1. The number of carbonyl (C=O) groups excluding carboxylic acids is 1. The molecule has 1 aromatic rings. The molecule has 9 nitrogen and oxygen atoms in total. The third-order valence-corrected chi connectivity index (χ3v) is 8.61. The molecule has 2 saturated carbocycles. The van der Waals surface area contributed by atoms with Gasteiger partial charge >= 0.3 is 0 Å². The van der Waals surface area contributed by atoms with Crippen molar-refractivity contribution >= 4 is 24.0 Å². The van der Waals surface area contributed by atoms with Crippen LogP contribution in [0.3, 0.4) is 0 Å². The quantitative estimate of drug-likeness (QED) is 0.349. The average molecular weight is 549 g/mol.